The molecule has 148 valence electrons. The second-order valence-electron chi connectivity index (χ2n) is 8.32. The predicted octanol–water partition coefficient (Wildman–Crippen LogP) is 2.32. The van der Waals surface area contributed by atoms with Gasteiger partial charge in [0.2, 0.25) is 0 Å². The van der Waals surface area contributed by atoms with Crippen molar-refractivity contribution in [2.75, 3.05) is 19.6 Å². The summed E-state index contributed by atoms with van der Waals surface area (Å²) < 4.78 is 18.1. The maximum atomic E-state index is 12.5. The lowest BCUT2D eigenvalue weighted by molar-refractivity contribution is -0.0760. The molecular weight excluding hydrogens is 376 g/mol. The molecule has 1 aromatic rings. The first-order valence-corrected chi connectivity index (χ1v) is 12.1. The number of aromatic amines is 2. The Bertz CT molecular complexity index is 728. The van der Waals surface area contributed by atoms with E-state index in [9.17, 15) is 9.59 Å². The summed E-state index contributed by atoms with van der Waals surface area (Å²) in [6.07, 6.45) is 1.20. The first kappa shape index (κ1) is 21.4. The number of H-pyrrole nitrogens is 2. The van der Waals surface area contributed by atoms with E-state index in [1.165, 1.54) is 6.20 Å². The molecule has 2 rings (SSSR count). The maximum absolute atomic E-state index is 12.5. The maximum Gasteiger partial charge on any atom is 0.325 e. The Labute approximate surface area is 159 Å². The highest BCUT2D eigenvalue weighted by molar-refractivity contribution is 6.74. The highest BCUT2D eigenvalue weighted by Crippen LogP contribution is 2.43. The van der Waals surface area contributed by atoms with E-state index in [4.69, 9.17) is 25.5 Å². The minimum absolute atomic E-state index is 0.0107. The van der Waals surface area contributed by atoms with Gasteiger partial charge in [0, 0.05) is 19.7 Å². The van der Waals surface area contributed by atoms with Crippen LogP contribution in [0, 0.1) is 0 Å². The number of hydrogen-bond acceptors (Lipinski definition) is 5. The molecule has 1 fully saturated rings. The summed E-state index contributed by atoms with van der Waals surface area (Å²) in [6, 6.07) is 0. The van der Waals surface area contributed by atoms with Gasteiger partial charge < -0.3 is 18.9 Å². The Hall–Kier alpha value is -0.933. The topological polar surface area (TPSA) is 93.4 Å². The smallest absolute Gasteiger partial charge is 0.325 e. The van der Waals surface area contributed by atoms with Gasteiger partial charge >= 0.3 is 5.69 Å². The molecule has 9 heteroatoms. The normalized spacial score (nSPS) is 27.0. The number of nitrogens with one attached hydrogen (secondary N) is 2. The third-order valence-electron chi connectivity index (χ3n) is 5.56. The zero-order valence-corrected chi connectivity index (χ0v) is 18.0. The van der Waals surface area contributed by atoms with Gasteiger partial charge in [-0.15, -0.1) is 11.6 Å². The number of ether oxygens (including phenoxy) is 2. The van der Waals surface area contributed by atoms with Gasteiger partial charge in [-0.2, -0.15) is 0 Å². The van der Waals surface area contributed by atoms with Crippen LogP contribution in [-0.2, 0) is 19.5 Å². The minimum atomic E-state index is -2.08. The number of alkyl halides is 1. The highest BCUT2D eigenvalue weighted by Gasteiger charge is 2.51. The molecule has 0 bridgehead atoms. The largest absolute Gasteiger partial charge is 0.414 e. The van der Waals surface area contributed by atoms with Crippen molar-refractivity contribution in [3.8, 4) is 0 Å². The lowest BCUT2D eigenvalue weighted by atomic mass is 9.92. The summed E-state index contributed by atoms with van der Waals surface area (Å²) >= 11 is 6.04. The molecule has 0 amide bonds. The van der Waals surface area contributed by atoms with E-state index < -0.39 is 25.2 Å². The monoisotopic (exact) mass is 404 g/mol. The van der Waals surface area contributed by atoms with Crippen molar-refractivity contribution in [3.05, 3.63) is 32.6 Å². The molecule has 3 atom stereocenters. The molecule has 0 spiro atoms. The Morgan fingerprint density at radius 2 is 2.04 bits per heavy atom. The molecule has 1 aliphatic rings. The van der Waals surface area contributed by atoms with E-state index >= 15 is 0 Å². The average Bonchev–Trinajstić information content (AvgIpc) is 2.91. The zero-order chi connectivity index (χ0) is 19.8. The van der Waals surface area contributed by atoms with Crippen molar-refractivity contribution < 1.29 is 13.9 Å². The fourth-order valence-corrected chi connectivity index (χ4v) is 4.13. The van der Waals surface area contributed by atoms with Gasteiger partial charge in [-0.1, -0.05) is 20.8 Å². The highest BCUT2D eigenvalue weighted by atomic mass is 35.5. The molecule has 1 aromatic heterocycles. The standard InChI is InChI=1S/C17H29ClN2O5Si/c1-16(2,3)26(5,6)24-10-17(7-12(23-4)13(8-18)25-17)11-9-19-15(22)20-14(11)21/h9,12-13H,7-8,10H2,1-6H3,(H2,19,20,21,22)/t12-,13-,17-/m0/s1. The fourth-order valence-electron chi connectivity index (χ4n) is 2.84. The lowest BCUT2D eigenvalue weighted by Gasteiger charge is -2.39. The first-order chi connectivity index (χ1) is 12.0. The molecule has 2 heterocycles. The van der Waals surface area contributed by atoms with Crippen molar-refractivity contribution in [1.29, 1.82) is 0 Å². The number of hydrogen-bond donors (Lipinski definition) is 2. The summed E-state index contributed by atoms with van der Waals surface area (Å²) in [5.41, 5.74) is -1.74. The van der Waals surface area contributed by atoms with Crippen molar-refractivity contribution in [2.24, 2.45) is 0 Å². The first-order valence-electron chi connectivity index (χ1n) is 8.69. The summed E-state index contributed by atoms with van der Waals surface area (Å²) in [7, 11) is -0.490. The van der Waals surface area contributed by atoms with E-state index in [0.29, 0.717) is 12.0 Å². The predicted molar refractivity (Wildman–Crippen MR) is 104 cm³/mol. The van der Waals surface area contributed by atoms with Crippen molar-refractivity contribution in [2.45, 2.75) is 63.1 Å². The average molecular weight is 405 g/mol. The summed E-state index contributed by atoms with van der Waals surface area (Å²) in [6.45, 7) is 10.9. The molecule has 26 heavy (non-hydrogen) atoms. The van der Waals surface area contributed by atoms with E-state index in [-0.39, 0.29) is 29.7 Å². The number of halogens is 1. The van der Waals surface area contributed by atoms with Crippen molar-refractivity contribution in [3.63, 3.8) is 0 Å². The Balaban J connectivity index is 2.44. The Kier molecular flexibility index (Phi) is 6.24. The lowest BCUT2D eigenvalue weighted by Crippen LogP contribution is -2.47. The second kappa shape index (κ2) is 7.59. The van der Waals surface area contributed by atoms with E-state index in [1.54, 1.807) is 7.11 Å². The molecule has 0 radical (unpaired) electrons. The summed E-state index contributed by atoms with van der Waals surface area (Å²) in [4.78, 5) is 28.7. The van der Waals surface area contributed by atoms with E-state index in [0.717, 1.165) is 0 Å². The van der Waals surface area contributed by atoms with Crippen LogP contribution >= 0.6 is 11.6 Å². The van der Waals surface area contributed by atoms with Crippen molar-refractivity contribution in [1.82, 2.24) is 9.97 Å². The van der Waals surface area contributed by atoms with E-state index in [2.05, 4.69) is 43.8 Å². The van der Waals surface area contributed by atoms with Gasteiger partial charge in [0.1, 0.15) is 5.60 Å². The molecule has 0 aromatic carbocycles. The van der Waals surface area contributed by atoms with Crippen LogP contribution in [0.2, 0.25) is 18.1 Å². The Morgan fingerprint density at radius 1 is 1.38 bits per heavy atom. The van der Waals surface area contributed by atoms with Crippen LogP contribution in [-0.4, -0.2) is 50.1 Å². The minimum Gasteiger partial charge on any atom is -0.414 e. The number of aromatic nitrogens is 2. The Morgan fingerprint density at radius 3 is 2.50 bits per heavy atom. The third kappa shape index (κ3) is 4.14. The van der Waals surface area contributed by atoms with Crippen LogP contribution in [0.15, 0.2) is 15.8 Å². The molecule has 0 unspecified atom stereocenters. The van der Waals surface area contributed by atoms with Crippen LogP contribution in [0.4, 0.5) is 0 Å². The third-order valence-corrected chi connectivity index (χ3v) is 10.3. The molecule has 1 saturated heterocycles. The molecule has 0 aliphatic carbocycles. The second-order valence-corrected chi connectivity index (χ2v) is 13.4. The summed E-state index contributed by atoms with van der Waals surface area (Å²) in [5.74, 6) is 0.238. The van der Waals surface area contributed by atoms with Gasteiger partial charge in [0.25, 0.3) is 5.56 Å². The van der Waals surface area contributed by atoms with Gasteiger partial charge in [0.15, 0.2) is 8.32 Å². The molecular formula is C17H29ClN2O5Si. The quantitative estimate of drug-likeness (QED) is 0.560. The van der Waals surface area contributed by atoms with Gasteiger partial charge in [-0.3, -0.25) is 9.78 Å². The molecule has 7 nitrogen and oxygen atoms in total. The van der Waals surface area contributed by atoms with Crippen LogP contribution in [0.5, 0.6) is 0 Å². The van der Waals surface area contributed by atoms with Crippen LogP contribution < -0.4 is 11.2 Å². The molecule has 1 aliphatic heterocycles. The van der Waals surface area contributed by atoms with Crippen LogP contribution in [0.1, 0.15) is 32.8 Å². The number of methoxy groups -OCH3 is 1. The van der Waals surface area contributed by atoms with Gasteiger partial charge in [-0.25, -0.2) is 4.79 Å². The van der Waals surface area contributed by atoms with Crippen molar-refractivity contribution >= 4 is 19.9 Å². The van der Waals surface area contributed by atoms with Gasteiger partial charge in [-0.05, 0) is 18.1 Å². The SMILES string of the molecule is CO[C@H]1C[C@](CO[Si](C)(C)C(C)(C)C)(c2c[nH]c(=O)[nH]c2=O)O[C@H]1CCl. The number of rotatable bonds is 6. The van der Waals surface area contributed by atoms with Crippen LogP contribution in [0.25, 0.3) is 0 Å². The summed E-state index contributed by atoms with van der Waals surface area (Å²) in [5, 5.41) is 0.0107. The fraction of sp³-hybridized carbons (Fsp3) is 0.765. The van der Waals surface area contributed by atoms with Crippen LogP contribution in [0.3, 0.4) is 0 Å². The molecule has 0 saturated carbocycles. The van der Waals surface area contributed by atoms with Gasteiger partial charge in [0.05, 0.1) is 30.3 Å². The van der Waals surface area contributed by atoms with E-state index in [1.807, 2.05) is 0 Å². The molecule has 2 N–H and O–H groups in total. The zero-order valence-electron chi connectivity index (χ0n) is 16.3.